The molecule has 1 rings (SSSR count). The van der Waals surface area contributed by atoms with Crippen molar-refractivity contribution in [3.63, 3.8) is 0 Å². The molecule has 0 aliphatic heterocycles. The normalized spacial score (nSPS) is 10.7. The van der Waals surface area contributed by atoms with Crippen LogP contribution in [0, 0.1) is 0 Å². The first-order chi connectivity index (χ1) is 8.36. The molecule has 17 heavy (non-hydrogen) atoms. The molecule has 0 aromatic carbocycles. The van der Waals surface area contributed by atoms with E-state index in [1.165, 1.54) is 50.5 Å². The second-order valence-electron chi connectivity index (χ2n) is 4.78. The molecule has 0 saturated carbocycles. The van der Waals surface area contributed by atoms with Crippen molar-refractivity contribution in [2.45, 2.75) is 71.6 Å². The van der Waals surface area contributed by atoms with Gasteiger partial charge >= 0.3 is 0 Å². The van der Waals surface area contributed by atoms with Crippen molar-refractivity contribution < 1.29 is 0 Å². The molecule has 1 aromatic rings. The molecule has 0 spiro atoms. The van der Waals surface area contributed by atoms with Crippen LogP contribution in [0.3, 0.4) is 0 Å². The van der Waals surface area contributed by atoms with E-state index in [9.17, 15) is 0 Å². The van der Waals surface area contributed by atoms with Gasteiger partial charge in [0.15, 0.2) is 0 Å². The summed E-state index contributed by atoms with van der Waals surface area (Å²) in [7, 11) is 0. The van der Waals surface area contributed by atoms with Crippen molar-refractivity contribution in [1.82, 2.24) is 9.97 Å². The standard InChI is InChI=1S/C15H26N2/c1-3-5-7-8-9-11-15-16-12-14(13-17-15)10-6-4-2/h12-13H,3-11H2,1-2H3. The zero-order chi connectivity index (χ0) is 12.3. The lowest BCUT2D eigenvalue weighted by Gasteiger charge is -2.02. The Morgan fingerprint density at radius 1 is 0.765 bits per heavy atom. The van der Waals surface area contributed by atoms with Gasteiger partial charge in [0.05, 0.1) is 0 Å². The summed E-state index contributed by atoms with van der Waals surface area (Å²) < 4.78 is 0. The summed E-state index contributed by atoms with van der Waals surface area (Å²) in [6.07, 6.45) is 15.2. The number of rotatable bonds is 9. The van der Waals surface area contributed by atoms with Gasteiger partial charge in [-0.1, -0.05) is 46.0 Å². The van der Waals surface area contributed by atoms with E-state index in [4.69, 9.17) is 0 Å². The minimum absolute atomic E-state index is 1.02. The van der Waals surface area contributed by atoms with Gasteiger partial charge < -0.3 is 0 Å². The lowest BCUT2D eigenvalue weighted by Crippen LogP contribution is -1.97. The topological polar surface area (TPSA) is 25.8 Å². The minimum Gasteiger partial charge on any atom is -0.241 e. The molecule has 0 radical (unpaired) electrons. The first-order valence-corrected chi connectivity index (χ1v) is 7.16. The summed E-state index contributed by atoms with van der Waals surface area (Å²) >= 11 is 0. The Labute approximate surface area is 106 Å². The third-order valence-corrected chi connectivity index (χ3v) is 3.08. The zero-order valence-electron chi connectivity index (χ0n) is 11.4. The largest absolute Gasteiger partial charge is 0.241 e. The van der Waals surface area contributed by atoms with Crippen LogP contribution >= 0.6 is 0 Å². The monoisotopic (exact) mass is 234 g/mol. The molecule has 2 nitrogen and oxygen atoms in total. The number of hydrogen-bond donors (Lipinski definition) is 0. The van der Waals surface area contributed by atoms with Crippen LogP contribution in [0.5, 0.6) is 0 Å². The maximum Gasteiger partial charge on any atom is 0.128 e. The molecule has 0 N–H and O–H groups in total. The molecule has 0 aliphatic carbocycles. The summed E-state index contributed by atoms with van der Waals surface area (Å²) in [4.78, 5) is 8.88. The quantitative estimate of drug-likeness (QED) is 0.594. The number of aryl methyl sites for hydroxylation is 2. The van der Waals surface area contributed by atoms with E-state index in [-0.39, 0.29) is 0 Å². The fourth-order valence-corrected chi connectivity index (χ4v) is 1.91. The van der Waals surface area contributed by atoms with Gasteiger partial charge in [-0.05, 0) is 24.8 Å². The predicted octanol–water partition coefficient (Wildman–Crippen LogP) is 4.33. The lowest BCUT2D eigenvalue weighted by molar-refractivity contribution is 0.621. The Morgan fingerprint density at radius 3 is 2.06 bits per heavy atom. The van der Waals surface area contributed by atoms with Crippen molar-refractivity contribution in [3.05, 3.63) is 23.8 Å². The molecule has 1 heterocycles. The second-order valence-corrected chi connectivity index (χ2v) is 4.78. The number of hydrogen-bond acceptors (Lipinski definition) is 2. The SMILES string of the molecule is CCCCCCCc1ncc(CCCC)cn1. The van der Waals surface area contributed by atoms with Crippen LogP contribution in [0.4, 0.5) is 0 Å². The molecule has 0 bridgehead atoms. The van der Waals surface area contributed by atoms with E-state index in [0.29, 0.717) is 0 Å². The highest BCUT2D eigenvalue weighted by molar-refractivity contribution is 5.05. The molecule has 0 amide bonds. The van der Waals surface area contributed by atoms with Gasteiger partial charge in [-0.2, -0.15) is 0 Å². The van der Waals surface area contributed by atoms with Gasteiger partial charge in [-0.25, -0.2) is 9.97 Å². The van der Waals surface area contributed by atoms with Crippen LogP contribution in [-0.2, 0) is 12.8 Å². The Bertz CT molecular complexity index is 279. The van der Waals surface area contributed by atoms with Gasteiger partial charge in [-0.3, -0.25) is 0 Å². The van der Waals surface area contributed by atoms with E-state index in [1.54, 1.807) is 0 Å². The molecule has 96 valence electrons. The lowest BCUT2D eigenvalue weighted by atomic mass is 10.1. The first-order valence-electron chi connectivity index (χ1n) is 7.16. The molecular weight excluding hydrogens is 208 g/mol. The van der Waals surface area contributed by atoms with Crippen LogP contribution in [0.2, 0.25) is 0 Å². The second kappa shape index (κ2) is 9.15. The minimum atomic E-state index is 1.02. The Hall–Kier alpha value is -0.920. The van der Waals surface area contributed by atoms with Crippen LogP contribution in [-0.4, -0.2) is 9.97 Å². The summed E-state index contributed by atoms with van der Waals surface area (Å²) in [5, 5.41) is 0. The average molecular weight is 234 g/mol. The Kier molecular flexibility index (Phi) is 7.61. The van der Waals surface area contributed by atoms with Crippen molar-refractivity contribution >= 4 is 0 Å². The average Bonchev–Trinajstić information content (AvgIpc) is 2.37. The number of nitrogens with zero attached hydrogens (tertiary/aromatic N) is 2. The van der Waals surface area contributed by atoms with E-state index in [2.05, 4.69) is 23.8 Å². The van der Waals surface area contributed by atoms with Gasteiger partial charge in [0.1, 0.15) is 5.82 Å². The Morgan fingerprint density at radius 2 is 1.41 bits per heavy atom. The molecule has 0 fully saturated rings. The number of aromatic nitrogens is 2. The van der Waals surface area contributed by atoms with Gasteiger partial charge in [-0.15, -0.1) is 0 Å². The molecular formula is C15H26N2. The first kappa shape index (κ1) is 14.1. The maximum absolute atomic E-state index is 4.44. The summed E-state index contributed by atoms with van der Waals surface area (Å²) in [6.45, 7) is 4.46. The molecule has 0 saturated heterocycles. The van der Waals surface area contributed by atoms with Gasteiger partial charge in [0.25, 0.3) is 0 Å². The van der Waals surface area contributed by atoms with Crippen LogP contribution in [0.25, 0.3) is 0 Å². The fraction of sp³-hybridized carbons (Fsp3) is 0.733. The molecule has 0 atom stereocenters. The van der Waals surface area contributed by atoms with Crippen molar-refractivity contribution in [2.24, 2.45) is 0 Å². The third kappa shape index (κ3) is 6.40. The highest BCUT2D eigenvalue weighted by Gasteiger charge is 1.98. The summed E-state index contributed by atoms with van der Waals surface area (Å²) in [6, 6.07) is 0. The predicted molar refractivity (Wildman–Crippen MR) is 73.1 cm³/mol. The van der Waals surface area contributed by atoms with Crippen molar-refractivity contribution in [2.75, 3.05) is 0 Å². The third-order valence-electron chi connectivity index (χ3n) is 3.08. The van der Waals surface area contributed by atoms with Crippen molar-refractivity contribution in [3.8, 4) is 0 Å². The zero-order valence-corrected chi connectivity index (χ0v) is 11.4. The molecule has 0 aliphatic rings. The van der Waals surface area contributed by atoms with E-state index >= 15 is 0 Å². The molecule has 0 unspecified atom stereocenters. The van der Waals surface area contributed by atoms with Gasteiger partial charge in [0, 0.05) is 18.8 Å². The van der Waals surface area contributed by atoms with Gasteiger partial charge in [0.2, 0.25) is 0 Å². The molecule has 1 aromatic heterocycles. The highest BCUT2D eigenvalue weighted by atomic mass is 14.9. The highest BCUT2D eigenvalue weighted by Crippen LogP contribution is 2.07. The summed E-state index contributed by atoms with van der Waals surface area (Å²) in [5.74, 6) is 1.02. The van der Waals surface area contributed by atoms with Crippen LogP contribution in [0.15, 0.2) is 12.4 Å². The number of unbranched alkanes of at least 4 members (excludes halogenated alkanes) is 5. The van der Waals surface area contributed by atoms with Crippen molar-refractivity contribution in [1.29, 1.82) is 0 Å². The smallest absolute Gasteiger partial charge is 0.128 e. The Balaban J connectivity index is 2.20. The summed E-state index contributed by atoms with van der Waals surface area (Å²) in [5.41, 5.74) is 1.28. The van der Waals surface area contributed by atoms with E-state index in [0.717, 1.165) is 18.7 Å². The van der Waals surface area contributed by atoms with Crippen LogP contribution in [0.1, 0.15) is 70.2 Å². The fourth-order valence-electron chi connectivity index (χ4n) is 1.91. The molecule has 2 heteroatoms. The van der Waals surface area contributed by atoms with E-state index in [1.807, 2.05) is 12.4 Å². The maximum atomic E-state index is 4.44. The van der Waals surface area contributed by atoms with Crippen LogP contribution < -0.4 is 0 Å². The van der Waals surface area contributed by atoms with E-state index < -0.39 is 0 Å².